The highest BCUT2D eigenvalue weighted by Gasteiger charge is 2.11. The summed E-state index contributed by atoms with van der Waals surface area (Å²) in [5, 5.41) is 3.99. The maximum atomic E-state index is 5.04. The SMILES string of the molecule is COC(OC)c1ccnn1C. The van der Waals surface area contributed by atoms with Crippen molar-refractivity contribution in [2.75, 3.05) is 14.2 Å². The average Bonchev–Trinajstić information content (AvgIpc) is 2.40. The van der Waals surface area contributed by atoms with E-state index in [-0.39, 0.29) is 6.29 Å². The number of rotatable bonds is 3. The van der Waals surface area contributed by atoms with Gasteiger partial charge in [-0.1, -0.05) is 0 Å². The van der Waals surface area contributed by atoms with Crippen LogP contribution in [0.15, 0.2) is 12.3 Å². The molecule has 1 aromatic heterocycles. The molecule has 0 bridgehead atoms. The number of nitrogens with zero attached hydrogens (tertiary/aromatic N) is 2. The van der Waals surface area contributed by atoms with Crippen molar-refractivity contribution < 1.29 is 9.47 Å². The number of aryl methyl sites for hydroxylation is 1. The summed E-state index contributed by atoms with van der Waals surface area (Å²) < 4.78 is 11.8. The third-order valence-electron chi connectivity index (χ3n) is 1.53. The Morgan fingerprint density at radius 1 is 1.45 bits per heavy atom. The summed E-state index contributed by atoms with van der Waals surface area (Å²) in [4.78, 5) is 0. The molecule has 4 nitrogen and oxygen atoms in total. The second-order valence-electron chi connectivity index (χ2n) is 2.18. The topological polar surface area (TPSA) is 36.3 Å². The molecule has 0 aliphatic heterocycles. The molecule has 0 aromatic carbocycles. The molecular formula is C7H12N2O2. The van der Waals surface area contributed by atoms with E-state index in [1.54, 1.807) is 25.1 Å². The van der Waals surface area contributed by atoms with E-state index in [0.717, 1.165) is 5.69 Å². The van der Waals surface area contributed by atoms with E-state index in [1.165, 1.54) is 0 Å². The molecule has 0 saturated heterocycles. The molecule has 62 valence electrons. The first-order valence-corrected chi connectivity index (χ1v) is 3.33. The van der Waals surface area contributed by atoms with Crippen LogP contribution in [0.5, 0.6) is 0 Å². The average molecular weight is 156 g/mol. The summed E-state index contributed by atoms with van der Waals surface area (Å²) >= 11 is 0. The molecule has 0 atom stereocenters. The fourth-order valence-electron chi connectivity index (χ4n) is 0.953. The molecule has 0 fully saturated rings. The highest BCUT2D eigenvalue weighted by molar-refractivity contribution is 5.01. The van der Waals surface area contributed by atoms with Gasteiger partial charge in [0, 0.05) is 27.5 Å². The van der Waals surface area contributed by atoms with Crippen LogP contribution in [0.3, 0.4) is 0 Å². The van der Waals surface area contributed by atoms with Gasteiger partial charge < -0.3 is 9.47 Å². The van der Waals surface area contributed by atoms with Gasteiger partial charge in [-0.25, -0.2) is 0 Å². The zero-order chi connectivity index (χ0) is 8.27. The van der Waals surface area contributed by atoms with Gasteiger partial charge >= 0.3 is 0 Å². The first-order chi connectivity index (χ1) is 5.29. The minimum absolute atomic E-state index is 0.317. The fourth-order valence-corrected chi connectivity index (χ4v) is 0.953. The van der Waals surface area contributed by atoms with Crippen LogP contribution in [-0.4, -0.2) is 24.0 Å². The van der Waals surface area contributed by atoms with Crippen LogP contribution >= 0.6 is 0 Å². The van der Waals surface area contributed by atoms with Gasteiger partial charge in [-0.15, -0.1) is 0 Å². The van der Waals surface area contributed by atoms with E-state index in [2.05, 4.69) is 5.10 Å². The summed E-state index contributed by atoms with van der Waals surface area (Å²) in [6, 6.07) is 1.86. The molecule has 0 saturated carbocycles. The largest absolute Gasteiger partial charge is 0.350 e. The summed E-state index contributed by atoms with van der Waals surface area (Å²) in [5.41, 5.74) is 0.912. The molecule has 1 heterocycles. The Balaban J connectivity index is 2.81. The maximum Gasteiger partial charge on any atom is 0.200 e. The summed E-state index contributed by atoms with van der Waals surface area (Å²) in [7, 11) is 5.04. The smallest absolute Gasteiger partial charge is 0.200 e. The Bertz CT molecular complexity index is 218. The van der Waals surface area contributed by atoms with Crippen LogP contribution in [-0.2, 0) is 16.5 Å². The van der Waals surface area contributed by atoms with Crippen LogP contribution in [0.4, 0.5) is 0 Å². The molecular weight excluding hydrogens is 144 g/mol. The minimum Gasteiger partial charge on any atom is -0.350 e. The Kier molecular flexibility index (Phi) is 2.62. The first kappa shape index (κ1) is 8.23. The third-order valence-corrected chi connectivity index (χ3v) is 1.53. The van der Waals surface area contributed by atoms with Crippen molar-refractivity contribution in [1.29, 1.82) is 0 Å². The monoisotopic (exact) mass is 156 g/mol. The Labute approximate surface area is 65.7 Å². The van der Waals surface area contributed by atoms with Crippen LogP contribution in [0.1, 0.15) is 12.0 Å². The van der Waals surface area contributed by atoms with Crippen molar-refractivity contribution in [3.63, 3.8) is 0 Å². The number of ether oxygens (including phenoxy) is 2. The molecule has 4 heteroatoms. The summed E-state index contributed by atoms with van der Waals surface area (Å²) in [6.45, 7) is 0. The highest BCUT2D eigenvalue weighted by atomic mass is 16.7. The minimum atomic E-state index is -0.317. The number of hydrogen-bond donors (Lipinski definition) is 0. The molecule has 0 N–H and O–H groups in total. The van der Waals surface area contributed by atoms with Gasteiger partial charge in [-0.2, -0.15) is 5.10 Å². The number of aromatic nitrogens is 2. The lowest BCUT2D eigenvalue weighted by Crippen LogP contribution is -2.09. The molecule has 1 aromatic rings. The predicted molar refractivity (Wildman–Crippen MR) is 40.0 cm³/mol. The zero-order valence-electron chi connectivity index (χ0n) is 6.94. The van der Waals surface area contributed by atoms with Crippen molar-refractivity contribution >= 4 is 0 Å². The predicted octanol–water partition coefficient (Wildman–Crippen LogP) is 0.711. The Morgan fingerprint density at radius 3 is 2.45 bits per heavy atom. The van der Waals surface area contributed by atoms with Gasteiger partial charge in [0.2, 0.25) is 0 Å². The van der Waals surface area contributed by atoms with Crippen molar-refractivity contribution in [3.05, 3.63) is 18.0 Å². The van der Waals surface area contributed by atoms with Gasteiger partial charge in [0.05, 0.1) is 5.69 Å². The molecule has 0 amide bonds. The molecule has 1 rings (SSSR count). The van der Waals surface area contributed by atoms with Crippen molar-refractivity contribution in [2.45, 2.75) is 6.29 Å². The van der Waals surface area contributed by atoms with E-state index in [1.807, 2.05) is 13.1 Å². The molecule has 11 heavy (non-hydrogen) atoms. The van der Waals surface area contributed by atoms with Crippen LogP contribution in [0.25, 0.3) is 0 Å². The standard InChI is InChI=1S/C7H12N2O2/c1-9-6(4-5-8-9)7(10-2)11-3/h4-5,7H,1-3H3. The van der Waals surface area contributed by atoms with Gasteiger partial charge in [0.1, 0.15) is 0 Å². The van der Waals surface area contributed by atoms with Crippen LogP contribution in [0, 0.1) is 0 Å². The van der Waals surface area contributed by atoms with Gasteiger partial charge in [-0.3, -0.25) is 4.68 Å². The van der Waals surface area contributed by atoms with Gasteiger partial charge in [0.15, 0.2) is 6.29 Å². The summed E-state index contributed by atoms with van der Waals surface area (Å²) in [6.07, 6.45) is 1.39. The second kappa shape index (κ2) is 3.50. The normalized spacial score (nSPS) is 10.9. The van der Waals surface area contributed by atoms with Crippen LogP contribution in [0.2, 0.25) is 0 Å². The molecule has 0 aliphatic carbocycles. The molecule has 0 unspecified atom stereocenters. The third kappa shape index (κ3) is 1.58. The van der Waals surface area contributed by atoms with Crippen molar-refractivity contribution in [3.8, 4) is 0 Å². The Morgan fingerprint density at radius 2 is 2.09 bits per heavy atom. The molecule has 0 radical (unpaired) electrons. The number of methoxy groups -OCH3 is 2. The quantitative estimate of drug-likeness (QED) is 0.605. The van der Waals surface area contributed by atoms with Crippen LogP contribution < -0.4 is 0 Å². The zero-order valence-corrected chi connectivity index (χ0v) is 6.94. The Hall–Kier alpha value is -0.870. The second-order valence-corrected chi connectivity index (χ2v) is 2.18. The molecule has 0 aliphatic rings. The van der Waals surface area contributed by atoms with E-state index >= 15 is 0 Å². The van der Waals surface area contributed by atoms with E-state index in [9.17, 15) is 0 Å². The van der Waals surface area contributed by atoms with Crippen molar-refractivity contribution in [2.24, 2.45) is 7.05 Å². The first-order valence-electron chi connectivity index (χ1n) is 3.33. The van der Waals surface area contributed by atoms with Gasteiger partial charge in [-0.05, 0) is 6.07 Å². The lowest BCUT2D eigenvalue weighted by molar-refractivity contribution is -0.110. The van der Waals surface area contributed by atoms with Crippen molar-refractivity contribution in [1.82, 2.24) is 9.78 Å². The lowest BCUT2D eigenvalue weighted by Gasteiger charge is -2.12. The van der Waals surface area contributed by atoms with E-state index < -0.39 is 0 Å². The maximum absolute atomic E-state index is 5.04. The van der Waals surface area contributed by atoms with Gasteiger partial charge in [0.25, 0.3) is 0 Å². The highest BCUT2D eigenvalue weighted by Crippen LogP contribution is 2.14. The summed E-state index contributed by atoms with van der Waals surface area (Å²) in [5.74, 6) is 0. The lowest BCUT2D eigenvalue weighted by atomic mass is 10.4. The number of hydrogen-bond acceptors (Lipinski definition) is 3. The van der Waals surface area contributed by atoms with E-state index in [0.29, 0.717) is 0 Å². The molecule has 0 spiro atoms. The fraction of sp³-hybridized carbons (Fsp3) is 0.571. The van der Waals surface area contributed by atoms with E-state index in [4.69, 9.17) is 9.47 Å².